The third-order valence-corrected chi connectivity index (χ3v) is 8.21. The van der Waals surface area contributed by atoms with Crippen molar-refractivity contribution >= 4 is 22.6 Å². The Morgan fingerprint density at radius 3 is 2.59 bits per heavy atom. The van der Waals surface area contributed by atoms with Gasteiger partial charge in [0.1, 0.15) is 16.5 Å². The van der Waals surface area contributed by atoms with Gasteiger partial charge in [-0.05, 0) is 43.4 Å². The lowest BCUT2D eigenvalue weighted by atomic mass is 9.74. The zero-order valence-electron chi connectivity index (χ0n) is 17.8. The summed E-state index contributed by atoms with van der Waals surface area (Å²) < 4.78 is 31.4. The van der Waals surface area contributed by atoms with E-state index in [1.807, 2.05) is 0 Å². The zero-order valence-corrected chi connectivity index (χ0v) is 18.7. The highest BCUT2D eigenvalue weighted by Gasteiger charge is 2.38. The molecule has 0 saturated carbocycles. The molecule has 0 radical (unpaired) electrons. The Labute approximate surface area is 189 Å². The summed E-state index contributed by atoms with van der Waals surface area (Å²) in [5.74, 6) is 1.59. The Bertz CT molecular complexity index is 1060. The van der Waals surface area contributed by atoms with Gasteiger partial charge < -0.3 is 15.0 Å². The van der Waals surface area contributed by atoms with E-state index in [0.717, 1.165) is 29.0 Å². The van der Waals surface area contributed by atoms with Crippen molar-refractivity contribution in [1.29, 1.82) is 5.26 Å². The normalized spacial score (nSPS) is 22.9. The van der Waals surface area contributed by atoms with Crippen molar-refractivity contribution in [2.75, 3.05) is 42.3 Å². The average molecular weight is 456 g/mol. The topological polar surface area (TPSA) is 91.1 Å². The number of aryl methyl sites for hydroxylation is 1. The van der Waals surface area contributed by atoms with E-state index in [0.29, 0.717) is 63.1 Å². The van der Waals surface area contributed by atoms with Crippen LogP contribution in [-0.4, -0.2) is 52.3 Å². The molecule has 1 aromatic heterocycles. The number of fused-ring (bicyclic) bond motifs is 1. The van der Waals surface area contributed by atoms with E-state index >= 15 is 0 Å². The first kappa shape index (κ1) is 21.3. The van der Waals surface area contributed by atoms with E-state index in [1.54, 1.807) is 12.1 Å². The van der Waals surface area contributed by atoms with Crippen molar-refractivity contribution in [2.24, 2.45) is 0 Å². The lowest BCUT2D eigenvalue weighted by molar-refractivity contribution is 0.0903. The van der Waals surface area contributed by atoms with Crippen LogP contribution < -0.4 is 10.2 Å². The van der Waals surface area contributed by atoms with E-state index < -0.39 is 16.2 Å². The number of rotatable bonds is 4. The molecule has 2 fully saturated rings. The van der Waals surface area contributed by atoms with Gasteiger partial charge in [0.15, 0.2) is 0 Å². The molecule has 2 aromatic rings. The maximum atomic E-state index is 13.4. The molecule has 3 aliphatic rings. The van der Waals surface area contributed by atoms with Gasteiger partial charge in [-0.2, -0.15) is 10.2 Å². The summed E-state index contributed by atoms with van der Waals surface area (Å²) in [4.78, 5) is 12.4. The van der Waals surface area contributed by atoms with Crippen LogP contribution in [0.2, 0.25) is 0 Å². The molecule has 2 saturated heterocycles. The van der Waals surface area contributed by atoms with Crippen LogP contribution in [0.5, 0.6) is 0 Å². The third kappa shape index (κ3) is 3.97. The lowest BCUT2D eigenvalue weighted by Crippen LogP contribution is -2.43. The van der Waals surface area contributed by atoms with Crippen LogP contribution in [0, 0.1) is 17.1 Å². The molecule has 4 heterocycles. The summed E-state index contributed by atoms with van der Waals surface area (Å²) in [6.07, 6.45) is 3.71. The van der Waals surface area contributed by atoms with Crippen molar-refractivity contribution in [1.82, 2.24) is 9.97 Å². The second-order valence-corrected chi connectivity index (χ2v) is 10.2. The van der Waals surface area contributed by atoms with E-state index in [2.05, 4.69) is 16.3 Å². The number of nitrogens with one attached hydrogen (secondary N) is 1. The first-order valence-electron chi connectivity index (χ1n) is 11.1. The highest BCUT2D eigenvalue weighted by Crippen LogP contribution is 2.37. The van der Waals surface area contributed by atoms with Gasteiger partial charge in [0, 0.05) is 44.5 Å². The Balaban J connectivity index is 1.38. The highest BCUT2D eigenvalue weighted by molar-refractivity contribution is 7.85. The van der Waals surface area contributed by atoms with Crippen molar-refractivity contribution in [3.63, 3.8) is 0 Å². The van der Waals surface area contributed by atoms with E-state index in [4.69, 9.17) is 14.7 Å². The molecule has 9 heteroatoms. The fraction of sp³-hybridized carbons (Fsp3) is 0.522. The first-order chi connectivity index (χ1) is 15.6. The Morgan fingerprint density at radius 1 is 1.19 bits per heavy atom. The molecule has 0 aliphatic carbocycles. The number of hydrogen-bond acceptors (Lipinski definition) is 7. The molecule has 7 nitrogen and oxygen atoms in total. The fourth-order valence-corrected chi connectivity index (χ4v) is 6.09. The Kier molecular flexibility index (Phi) is 5.82. The summed E-state index contributed by atoms with van der Waals surface area (Å²) in [5, 5.41) is 13.5. The maximum absolute atomic E-state index is 13.4. The summed E-state index contributed by atoms with van der Waals surface area (Å²) in [6.45, 7) is 2.69. The molecule has 1 unspecified atom stereocenters. The van der Waals surface area contributed by atoms with Crippen LogP contribution in [-0.2, 0) is 27.4 Å². The number of piperidine rings is 1. The van der Waals surface area contributed by atoms with Crippen LogP contribution in [0.15, 0.2) is 29.2 Å². The minimum absolute atomic E-state index is 0.249. The summed E-state index contributed by atoms with van der Waals surface area (Å²) in [5.41, 5.74) is 1.08. The number of ether oxygens (including phenoxy) is 1. The minimum atomic E-state index is -1.08. The third-order valence-electron chi connectivity index (χ3n) is 6.75. The SMILES string of the molecule is N#CC1(c2ccc(F)cc2)CCN(c2nc3c(c(NC4CCOCC4)n2)S(=O)CC3)CC1. The molecule has 5 rings (SSSR count). The van der Waals surface area contributed by atoms with Crippen LogP contribution in [0.4, 0.5) is 16.2 Å². The number of nitrogens with zero attached hydrogens (tertiary/aromatic N) is 4. The minimum Gasteiger partial charge on any atom is -0.381 e. The summed E-state index contributed by atoms with van der Waals surface area (Å²) in [6, 6.07) is 8.99. The summed E-state index contributed by atoms with van der Waals surface area (Å²) >= 11 is 0. The molecule has 168 valence electrons. The highest BCUT2D eigenvalue weighted by atomic mass is 32.2. The monoisotopic (exact) mass is 455 g/mol. The van der Waals surface area contributed by atoms with Crippen molar-refractivity contribution in [2.45, 2.75) is 48.5 Å². The van der Waals surface area contributed by atoms with Gasteiger partial charge in [-0.25, -0.2) is 9.37 Å². The standard InChI is InChI=1S/C23H26FN5O2S/c24-17-3-1-16(2-4-17)23(15-25)8-10-29(11-9-23)22-27-19-7-14-32(30)20(19)21(28-22)26-18-5-12-31-13-6-18/h1-4,18H,5-14H2,(H,26,27,28). The molecular weight excluding hydrogens is 429 g/mol. The number of nitriles is 1. The van der Waals surface area contributed by atoms with Crippen molar-refractivity contribution in [3.8, 4) is 6.07 Å². The molecule has 1 aromatic carbocycles. The number of anilines is 2. The Hall–Kier alpha value is -2.57. The van der Waals surface area contributed by atoms with Gasteiger partial charge in [-0.3, -0.25) is 4.21 Å². The predicted molar refractivity (Wildman–Crippen MR) is 120 cm³/mol. The van der Waals surface area contributed by atoms with Gasteiger partial charge in [-0.15, -0.1) is 0 Å². The quantitative estimate of drug-likeness (QED) is 0.758. The van der Waals surface area contributed by atoms with E-state index in [-0.39, 0.29) is 11.9 Å². The number of hydrogen-bond donors (Lipinski definition) is 1. The van der Waals surface area contributed by atoms with Crippen molar-refractivity contribution < 1.29 is 13.3 Å². The van der Waals surface area contributed by atoms with Gasteiger partial charge in [-0.1, -0.05) is 12.1 Å². The van der Waals surface area contributed by atoms with Gasteiger partial charge in [0.05, 0.1) is 28.0 Å². The maximum Gasteiger partial charge on any atom is 0.227 e. The zero-order chi connectivity index (χ0) is 22.1. The van der Waals surface area contributed by atoms with Gasteiger partial charge in [0.2, 0.25) is 5.95 Å². The molecule has 32 heavy (non-hydrogen) atoms. The molecule has 0 amide bonds. The number of halogens is 1. The van der Waals surface area contributed by atoms with Gasteiger partial charge in [0.25, 0.3) is 0 Å². The molecule has 0 spiro atoms. The van der Waals surface area contributed by atoms with Crippen LogP contribution >= 0.6 is 0 Å². The predicted octanol–water partition coefficient (Wildman–Crippen LogP) is 2.93. The van der Waals surface area contributed by atoms with E-state index in [9.17, 15) is 13.9 Å². The second-order valence-electron chi connectivity index (χ2n) is 8.67. The van der Waals surface area contributed by atoms with Gasteiger partial charge >= 0.3 is 0 Å². The molecule has 0 bridgehead atoms. The first-order valence-corrected chi connectivity index (χ1v) is 12.5. The number of aromatic nitrogens is 2. The molecular formula is C23H26FN5O2S. The van der Waals surface area contributed by atoms with Crippen LogP contribution in [0.25, 0.3) is 0 Å². The molecule has 1 atom stereocenters. The number of benzene rings is 1. The average Bonchev–Trinajstić information content (AvgIpc) is 3.21. The molecule has 1 N–H and O–H groups in total. The lowest BCUT2D eigenvalue weighted by Gasteiger charge is -2.38. The largest absolute Gasteiger partial charge is 0.381 e. The molecule has 3 aliphatic heterocycles. The van der Waals surface area contributed by atoms with Crippen LogP contribution in [0.3, 0.4) is 0 Å². The fourth-order valence-electron chi connectivity index (χ4n) is 4.78. The second kappa shape index (κ2) is 8.75. The Morgan fingerprint density at radius 2 is 1.91 bits per heavy atom. The smallest absolute Gasteiger partial charge is 0.227 e. The van der Waals surface area contributed by atoms with Crippen molar-refractivity contribution in [3.05, 3.63) is 41.3 Å². The van der Waals surface area contributed by atoms with Crippen LogP contribution in [0.1, 0.15) is 36.9 Å². The van der Waals surface area contributed by atoms with E-state index in [1.165, 1.54) is 12.1 Å². The summed E-state index contributed by atoms with van der Waals surface area (Å²) in [7, 11) is -1.08.